The summed E-state index contributed by atoms with van der Waals surface area (Å²) in [5.41, 5.74) is 2.95. The van der Waals surface area contributed by atoms with Gasteiger partial charge in [0.05, 0.1) is 5.52 Å². The average Bonchev–Trinajstić information content (AvgIpc) is 2.76. The Balaban J connectivity index is 2.15. The van der Waals surface area contributed by atoms with Crippen LogP contribution in [0.4, 0.5) is 4.39 Å². The zero-order valence-electron chi connectivity index (χ0n) is 11.3. The maximum atomic E-state index is 13.2. The lowest BCUT2D eigenvalue weighted by Crippen LogP contribution is -2.04. The van der Waals surface area contributed by atoms with E-state index >= 15 is 0 Å². The largest absolute Gasteiger partial charge is 0.382 e. The zero-order chi connectivity index (χ0) is 14.3. The van der Waals surface area contributed by atoms with Gasteiger partial charge >= 0.3 is 0 Å². The molecule has 0 radical (unpaired) electrons. The number of benzene rings is 2. The van der Waals surface area contributed by atoms with Crippen LogP contribution < -0.4 is 0 Å². The van der Waals surface area contributed by atoms with Crippen LogP contribution in [0.3, 0.4) is 0 Å². The summed E-state index contributed by atoms with van der Waals surface area (Å²) < 4.78 is 14.9. The van der Waals surface area contributed by atoms with Gasteiger partial charge in [0.2, 0.25) is 0 Å². The second-order valence-electron chi connectivity index (χ2n) is 4.93. The van der Waals surface area contributed by atoms with E-state index in [1.54, 1.807) is 17.7 Å². The second-order valence-corrected chi connectivity index (χ2v) is 4.93. The lowest BCUT2D eigenvalue weighted by molar-refractivity contribution is 0.215. The smallest absolute Gasteiger partial charge is 0.124 e. The third-order valence-electron chi connectivity index (χ3n) is 3.57. The Labute approximate surface area is 116 Å². The molecule has 1 atom stereocenters. The molecule has 0 fully saturated rings. The highest BCUT2D eigenvalue weighted by Gasteiger charge is 2.19. The Kier molecular flexibility index (Phi) is 3.03. The van der Waals surface area contributed by atoms with Crippen molar-refractivity contribution in [1.29, 1.82) is 0 Å². The monoisotopic (exact) mass is 270 g/mol. The Morgan fingerprint density at radius 1 is 1.20 bits per heavy atom. The first-order chi connectivity index (χ1) is 9.58. The predicted octanol–water partition coefficient (Wildman–Crippen LogP) is 3.10. The van der Waals surface area contributed by atoms with Crippen molar-refractivity contribution < 1.29 is 9.50 Å². The van der Waals surface area contributed by atoms with Gasteiger partial charge in [0.15, 0.2) is 0 Å². The van der Waals surface area contributed by atoms with Gasteiger partial charge in [-0.1, -0.05) is 24.3 Å². The summed E-state index contributed by atoms with van der Waals surface area (Å²) in [5, 5.41) is 15.9. The highest BCUT2D eigenvalue weighted by molar-refractivity contribution is 5.82. The highest BCUT2D eigenvalue weighted by atomic mass is 19.1. The highest BCUT2D eigenvalue weighted by Crippen LogP contribution is 2.29. The number of aryl methyl sites for hydroxylation is 2. The van der Waals surface area contributed by atoms with E-state index in [4.69, 9.17) is 0 Å². The maximum absolute atomic E-state index is 13.2. The quantitative estimate of drug-likeness (QED) is 0.777. The Morgan fingerprint density at radius 3 is 2.70 bits per heavy atom. The number of aromatic nitrogens is 2. The summed E-state index contributed by atoms with van der Waals surface area (Å²) in [6.45, 7) is 1.78. The molecule has 2 aromatic carbocycles. The van der Waals surface area contributed by atoms with Crippen LogP contribution in [0.2, 0.25) is 0 Å². The molecule has 0 aliphatic carbocycles. The molecule has 1 N–H and O–H groups in total. The molecule has 3 aromatic rings. The Hall–Kier alpha value is -2.20. The molecule has 0 amide bonds. The van der Waals surface area contributed by atoms with Crippen LogP contribution in [-0.4, -0.2) is 14.9 Å². The normalized spacial score (nSPS) is 12.8. The number of para-hydroxylation sites is 1. The molecule has 102 valence electrons. The van der Waals surface area contributed by atoms with Crippen molar-refractivity contribution in [3.63, 3.8) is 0 Å². The fourth-order valence-electron chi connectivity index (χ4n) is 2.54. The minimum atomic E-state index is -0.860. The van der Waals surface area contributed by atoms with E-state index in [-0.39, 0.29) is 5.82 Å². The first-order valence-electron chi connectivity index (χ1n) is 6.43. The SMILES string of the molecule is Cc1cc(F)ccc1C(O)c1nn(C)c2ccccc12. The fraction of sp³-hybridized carbons (Fsp3) is 0.188. The van der Waals surface area contributed by atoms with Crippen molar-refractivity contribution in [3.8, 4) is 0 Å². The van der Waals surface area contributed by atoms with E-state index in [0.29, 0.717) is 16.8 Å². The fourth-order valence-corrected chi connectivity index (χ4v) is 2.54. The van der Waals surface area contributed by atoms with E-state index < -0.39 is 6.10 Å². The zero-order valence-corrected chi connectivity index (χ0v) is 11.3. The average molecular weight is 270 g/mol. The van der Waals surface area contributed by atoms with Crippen molar-refractivity contribution in [1.82, 2.24) is 9.78 Å². The molecular formula is C16H15FN2O. The summed E-state index contributed by atoms with van der Waals surface area (Å²) in [5.74, 6) is -0.302. The summed E-state index contributed by atoms with van der Waals surface area (Å²) in [6, 6.07) is 12.1. The van der Waals surface area contributed by atoms with Gasteiger partial charge in [-0.3, -0.25) is 4.68 Å². The van der Waals surface area contributed by atoms with Crippen LogP contribution in [0, 0.1) is 12.7 Å². The van der Waals surface area contributed by atoms with Gasteiger partial charge in [-0.15, -0.1) is 0 Å². The second kappa shape index (κ2) is 4.72. The van der Waals surface area contributed by atoms with Crippen LogP contribution in [0.5, 0.6) is 0 Å². The molecule has 1 aromatic heterocycles. The summed E-state index contributed by atoms with van der Waals surface area (Å²) in [4.78, 5) is 0. The lowest BCUT2D eigenvalue weighted by Gasteiger charge is -2.12. The van der Waals surface area contributed by atoms with E-state index in [2.05, 4.69) is 5.10 Å². The van der Waals surface area contributed by atoms with E-state index in [0.717, 1.165) is 10.9 Å². The number of fused-ring (bicyclic) bond motifs is 1. The van der Waals surface area contributed by atoms with Gasteiger partial charge in [-0.2, -0.15) is 5.10 Å². The minimum absolute atomic E-state index is 0.302. The molecule has 20 heavy (non-hydrogen) atoms. The topological polar surface area (TPSA) is 38.1 Å². The molecule has 1 unspecified atom stereocenters. The maximum Gasteiger partial charge on any atom is 0.124 e. The summed E-state index contributed by atoms with van der Waals surface area (Å²) >= 11 is 0. The number of aliphatic hydroxyl groups is 1. The first-order valence-corrected chi connectivity index (χ1v) is 6.43. The van der Waals surface area contributed by atoms with E-state index in [9.17, 15) is 9.50 Å². The molecule has 0 bridgehead atoms. The molecule has 1 heterocycles. The number of hydrogen-bond acceptors (Lipinski definition) is 2. The summed E-state index contributed by atoms with van der Waals surface area (Å²) in [7, 11) is 1.84. The van der Waals surface area contributed by atoms with Crippen molar-refractivity contribution >= 4 is 10.9 Å². The third kappa shape index (κ3) is 1.98. The first kappa shape index (κ1) is 12.8. The van der Waals surface area contributed by atoms with Gasteiger partial charge in [-0.05, 0) is 36.2 Å². The molecule has 0 saturated heterocycles. The van der Waals surface area contributed by atoms with Crippen LogP contribution in [0.25, 0.3) is 10.9 Å². The van der Waals surface area contributed by atoms with Gasteiger partial charge < -0.3 is 5.11 Å². The third-order valence-corrected chi connectivity index (χ3v) is 3.57. The van der Waals surface area contributed by atoms with Gasteiger partial charge in [0.1, 0.15) is 17.6 Å². The number of nitrogens with zero attached hydrogens (tertiary/aromatic N) is 2. The summed E-state index contributed by atoms with van der Waals surface area (Å²) in [6.07, 6.45) is -0.860. The van der Waals surface area contributed by atoms with Gasteiger partial charge in [0, 0.05) is 12.4 Å². The lowest BCUT2D eigenvalue weighted by atomic mass is 9.99. The molecule has 3 rings (SSSR count). The minimum Gasteiger partial charge on any atom is -0.382 e. The van der Waals surface area contributed by atoms with Crippen LogP contribution in [-0.2, 0) is 7.05 Å². The molecule has 0 aliphatic rings. The molecule has 0 saturated carbocycles. The van der Waals surface area contributed by atoms with Crippen LogP contribution in [0.1, 0.15) is 22.9 Å². The van der Waals surface area contributed by atoms with Crippen molar-refractivity contribution in [2.45, 2.75) is 13.0 Å². The van der Waals surface area contributed by atoms with E-state index in [1.807, 2.05) is 31.3 Å². The number of rotatable bonds is 2. The molecule has 0 aliphatic heterocycles. The van der Waals surface area contributed by atoms with Crippen molar-refractivity contribution in [3.05, 3.63) is 65.1 Å². The molecule has 0 spiro atoms. The van der Waals surface area contributed by atoms with Crippen molar-refractivity contribution in [2.75, 3.05) is 0 Å². The predicted molar refractivity (Wildman–Crippen MR) is 75.9 cm³/mol. The molecule has 3 nitrogen and oxygen atoms in total. The number of hydrogen-bond donors (Lipinski definition) is 1. The Bertz CT molecular complexity index is 779. The van der Waals surface area contributed by atoms with E-state index in [1.165, 1.54) is 12.1 Å². The standard InChI is InChI=1S/C16H15FN2O/c1-10-9-11(17)7-8-12(10)16(20)15-13-5-3-4-6-14(13)19(2)18-15/h3-9,16,20H,1-2H3. The molecule has 4 heteroatoms. The van der Waals surface area contributed by atoms with Crippen LogP contribution in [0.15, 0.2) is 42.5 Å². The number of aliphatic hydroxyl groups excluding tert-OH is 1. The van der Waals surface area contributed by atoms with Gasteiger partial charge in [-0.25, -0.2) is 4.39 Å². The van der Waals surface area contributed by atoms with Crippen molar-refractivity contribution in [2.24, 2.45) is 7.05 Å². The number of halogens is 1. The molecular weight excluding hydrogens is 255 g/mol. The Morgan fingerprint density at radius 2 is 1.95 bits per heavy atom. The van der Waals surface area contributed by atoms with Gasteiger partial charge in [0.25, 0.3) is 0 Å². The van der Waals surface area contributed by atoms with Crippen LogP contribution >= 0.6 is 0 Å².